The molecule has 6 aromatic rings. The zero-order valence-electron chi connectivity index (χ0n) is 20.8. The van der Waals surface area contributed by atoms with Crippen LogP contribution >= 0.6 is 31.9 Å². The summed E-state index contributed by atoms with van der Waals surface area (Å²) in [5, 5.41) is 25.9. The zero-order chi connectivity index (χ0) is 28.0. The first-order valence-electron chi connectivity index (χ1n) is 12.3. The zero-order valence-corrected chi connectivity index (χ0v) is 24.0. The molecule has 6 nitrogen and oxygen atoms in total. The lowest BCUT2D eigenvalue weighted by atomic mass is 9.87. The fraction of sp³-hybridized carbons (Fsp3) is 0.0625. The van der Waals surface area contributed by atoms with E-state index in [1.54, 1.807) is 0 Å². The number of carboxylic acids is 2. The number of halogens is 2. The minimum atomic E-state index is -1.11. The largest absolute Gasteiger partial charge is 0.481 e. The second kappa shape index (κ2) is 10.4. The third kappa shape index (κ3) is 4.53. The van der Waals surface area contributed by atoms with Crippen LogP contribution in [0.25, 0.3) is 54.2 Å². The highest BCUT2D eigenvalue weighted by Crippen LogP contribution is 2.52. The van der Waals surface area contributed by atoms with Gasteiger partial charge in [-0.2, -0.15) is 0 Å². The lowest BCUT2D eigenvalue weighted by Crippen LogP contribution is -2.12. The molecule has 0 aliphatic heterocycles. The third-order valence-corrected chi connectivity index (χ3v) is 7.80. The molecule has 0 unspecified atom stereocenters. The van der Waals surface area contributed by atoms with E-state index in [0.29, 0.717) is 22.6 Å². The third-order valence-electron chi connectivity index (χ3n) is 6.81. The van der Waals surface area contributed by atoms with Gasteiger partial charge < -0.3 is 19.7 Å². The Kier molecular flexibility index (Phi) is 6.82. The number of fused-ring (bicyclic) bond motifs is 6. The van der Waals surface area contributed by atoms with Gasteiger partial charge in [0.15, 0.2) is 13.2 Å². The monoisotopic (exact) mass is 658 g/mol. The number of benzene rings is 6. The Morgan fingerprint density at radius 2 is 0.900 bits per heavy atom. The number of carbonyl (C=O) groups is 2. The van der Waals surface area contributed by atoms with E-state index in [1.807, 2.05) is 84.9 Å². The average Bonchev–Trinajstić information content (AvgIpc) is 2.94. The Hall–Kier alpha value is -4.14. The van der Waals surface area contributed by atoms with Crippen molar-refractivity contribution >= 4 is 86.9 Å². The molecular weight excluding hydrogens is 640 g/mol. The number of aliphatic carboxylic acids is 2. The molecule has 0 bridgehead atoms. The first-order chi connectivity index (χ1) is 19.3. The molecule has 0 saturated heterocycles. The topological polar surface area (TPSA) is 93.1 Å². The van der Waals surface area contributed by atoms with Crippen molar-refractivity contribution in [3.8, 4) is 22.6 Å². The summed E-state index contributed by atoms with van der Waals surface area (Å²) >= 11 is 7.20. The molecule has 0 aliphatic carbocycles. The van der Waals surface area contributed by atoms with Gasteiger partial charge in [-0.1, -0.05) is 92.5 Å². The van der Waals surface area contributed by atoms with Crippen LogP contribution in [0.3, 0.4) is 0 Å². The summed E-state index contributed by atoms with van der Waals surface area (Å²) in [6.45, 7) is -1.11. The number of hydrogen-bond acceptors (Lipinski definition) is 4. The molecule has 0 amide bonds. The molecule has 8 heteroatoms. The summed E-state index contributed by atoms with van der Waals surface area (Å²) in [5.41, 5.74) is 1.25. The second-order valence-electron chi connectivity index (χ2n) is 9.24. The van der Waals surface area contributed by atoms with Crippen molar-refractivity contribution in [2.24, 2.45) is 0 Å². The van der Waals surface area contributed by atoms with E-state index in [0.717, 1.165) is 52.0 Å². The van der Waals surface area contributed by atoms with E-state index >= 15 is 0 Å². The maximum absolute atomic E-state index is 11.7. The van der Waals surface area contributed by atoms with Crippen LogP contribution in [0.5, 0.6) is 11.5 Å². The number of carboxylic acid groups (broad SMARTS) is 2. The van der Waals surface area contributed by atoms with E-state index in [9.17, 15) is 19.8 Å². The van der Waals surface area contributed by atoms with Gasteiger partial charge in [-0.05, 0) is 56.6 Å². The minimum absolute atomic E-state index is 0.382. The van der Waals surface area contributed by atoms with Gasteiger partial charge in [0.2, 0.25) is 0 Å². The van der Waals surface area contributed by atoms with Crippen molar-refractivity contribution in [3.63, 3.8) is 0 Å². The van der Waals surface area contributed by atoms with E-state index in [4.69, 9.17) is 9.47 Å². The highest BCUT2D eigenvalue weighted by molar-refractivity contribution is 9.10. The SMILES string of the molecule is O=C(O)COc1c(-c2c(OCC(=O)O)c3ccccc3c3cc(Br)ccc23)c2ccc(Br)cc2c2ccccc12. The Morgan fingerprint density at radius 1 is 0.525 bits per heavy atom. The predicted molar refractivity (Wildman–Crippen MR) is 164 cm³/mol. The molecule has 0 radical (unpaired) electrons. The molecule has 0 atom stereocenters. The van der Waals surface area contributed by atoms with E-state index in [-0.39, 0.29) is 0 Å². The Bertz CT molecular complexity index is 1860. The molecule has 0 fully saturated rings. The Morgan fingerprint density at radius 3 is 1.27 bits per heavy atom. The van der Waals surface area contributed by atoms with Crippen molar-refractivity contribution < 1.29 is 29.3 Å². The molecular formula is C32H20Br2O6. The van der Waals surface area contributed by atoms with Crippen LogP contribution in [-0.2, 0) is 9.59 Å². The summed E-state index contributed by atoms with van der Waals surface area (Å²) in [6, 6.07) is 27.1. The lowest BCUT2D eigenvalue weighted by Gasteiger charge is -2.23. The molecule has 0 aliphatic rings. The number of hydrogen-bond donors (Lipinski definition) is 2. The molecule has 0 spiro atoms. The van der Waals surface area contributed by atoms with Crippen LogP contribution in [0, 0.1) is 0 Å². The smallest absolute Gasteiger partial charge is 0.341 e. The minimum Gasteiger partial charge on any atom is -0.481 e. The van der Waals surface area contributed by atoms with Gasteiger partial charge in [0, 0.05) is 30.8 Å². The predicted octanol–water partition coefficient (Wildman–Crippen LogP) is 8.42. The lowest BCUT2D eigenvalue weighted by molar-refractivity contribution is -0.140. The fourth-order valence-corrected chi connectivity index (χ4v) is 6.05. The van der Waals surface area contributed by atoms with Crippen LogP contribution in [0.15, 0.2) is 93.9 Å². The van der Waals surface area contributed by atoms with Gasteiger partial charge in [0.05, 0.1) is 0 Å². The first kappa shape index (κ1) is 26.1. The van der Waals surface area contributed by atoms with Crippen molar-refractivity contribution in [3.05, 3.63) is 93.9 Å². The maximum atomic E-state index is 11.7. The van der Waals surface area contributed by atoms with Crippen molar-refractivity contribution in [2.45, 2.75) is 0 Å². The van der Waals surface area contributed by atoms with Gasteiger partial charge in [-0.3, -0.25) is 0 Å². The molecule has 198 valence electrons. The van der Waals surface area contributed by atoms with E-state index < -0.39 is 25.2 Å². The summed E-state index contributed by atoms with van der Waals surface area (Å²) < 4.78 is 13.9. The second-order valence-corrected chi connectivity index (χ2v) is 11.1. The van der Waals surface area contributed by atoms with Gasteiger partial charge in [0.25, 0.3) is 0 Å². The van der Waals surface area contributed by atoms with Crippen LogP contribution in [0.2, 0.25) is 0 Å². The van der Waals surface area contributed by atoms with Crippen molar-refractivity contribution in [1.82, 2.24) is 0 Å². The number of ether oxygens (including phenoxy) is 2. The van der Waals surface area contributed by atoms with Gasteiger partial charge in [-0.25, -0.2) is 9.59 Å². The molecule has 6 aromatic carbocycles. The highest BCUT2D eigenvalue weighted by Gasteiger charge is 2.25. The van der Waals surface area contributed by atoms with Crippen molar-refractivity contribution in [2.75, 3.05) is 13.2 Å². The average molecular weight is 660 g/mol. The molecule has 0 heterocycles. The van der Waals surface area contributed by atoms with Crippen molar-refractivity contribution in [1.29, 1.82) is 0 Å². The number of rotatable bonds is 7. The molecule has 2 N–H and O–H groups in total. The maximum Gasteiger partial charge on any atom is 0.341 e. The van der Waals surface area contributed by atoms with Crippen LogP contribution < -0.4 is 9.47 Å². The molecule has 40 heavy (non-hydrogen) atoms. The first-order valence-corrected chi connectivity index (χ1v) is 13.9. The van der Waals surface area contributed by atoms with E-state index in [1.165, 1.54) is 0 Å². The van der Waals surface area contributed by atoms with Crippen LogP contribution in [0.4, 0.5) is 0 Å². The summed E-state index contributed by atoms with van der Waals surface area (Å²) in [5.74, 6) is -1.46. The molecule has 0 saturated carbocycles. The Balaban J connectivity index is 1.88. The van der Waals surface area contributed by atoms with Crippen LogP contribution in [-0.4, -0.2) is 35.4 Å². The summed E-state index contributed by atoms with van der Waals surface area (Å²) in [7, 11) is 0. The van der Waals surface area contributed by atoms with Gasteiger partial charge in [0.1, 0.15) is 11.5 Å². The molecule has 6 rings (SSSR count). The summed E-state index contributed by atoms with van der Waals surface area (Å²) in [4.78, 5) is 23.4. The quantitative estimate of drug-likeness (QED) is 0.167. The van der Waals surface area contributed by atoms with Gasteiger partial charge in [-0.15, -0.1) is 0 Å². The van der Waals surface area contributed by atoms with Gasteiger partial charge >= 0.3 is 11.9 Å². The fourth-order valence-electron chi connectivity index (χ4n) is 5.32. The summed E-state index contributed by atoms with van der Waals surface area (Å²) in [6.07, 6.45) is 0. The van der Waals surface area contributed by atoms with E-state index in [2.05, 4.69) is 31.9 Å². The van der Waals surface area contributed by atoms with Crippen LogP contribution in [0.1, 0.15) is 0 Å². The highest BCUT2D eigenvalue weighted by atomic mass is 79.9. The normalized spacial score (nSPS) is 11.3. The Labute approximate surface area is 245 Å². The molecule has 0 aromatic heterocycles. The standard InChI is InChI=1S/C32H20Br2O6/c33-17-9-11-21-25(13-17)19-5-1-3-7-23(19)31(39-15-27(35)36)29(21)30-22-12-10-18(34)14-26(22)20-6-2-4-8-24(20)32(30)40-16-28(37)38/h1-14H,15-16H2,(H,35,36)(H,37,38).